The van der Waals surface area contributed by atoms with Gasteiger partial charge in [0, 0.05) is 23.1 Å². The van der Waals surface area contributed by atoms with Crippen molar-refractivity contribution in [2.24, 2.45) is 0 Å². The number of rotatable bonds is 3. The lowest BCUT2D eigenvalue weighted by Gasteiger charge is -2.03. The van der Waals surface area contributed by atoms with Crippen molar-refractivity contribution in [1.29, 1.82) is 0 Å². The van der Waals surface area contributed by atoms with Crippen molar-refractivity contribution >= 4 is 11.8 Å². The zero-order chi connectivity index (χ0) is 15.2. The maximum Gasteiger partial charge on any atom is 0.258 e. The fourth-order valence-corrected chi connectivity index (χ4v) is 1.67. The molecular formula is C16H16N2O3. The van der Waals surface area contributed by atoms with Gasteiger partial charge in [-0.25, -0.2) is 0 Å². The van der Waals surface area contributed by atoms with E-state index in [2.05, 4.69) is 22.3 Å². The summed E-state index contributed by atoms with van der Waals surface area (Å²) in [5.74, 6) is 5.79. The maximum atomic E-state index is 12.2. The Balaban J connectivity index is 2.15. The van der Waals surface area contributed by atoms with Crippen LogP contribution in [0.4, 0.5) is 5.88 Å². The van der Waals surface area contributed by atoms with Crippen molar-refractivity contribution in [1.82, 2.24) is 5.16 Å². The third-order valence-corrected chi connectivity index (χ3v) is 2.98. The molecule has 0 radical (unpaired) electrons. The molecule has 0 saturated carbocycles. The van der Waals surface area contributed by atoms with Gasteiger partial charge in [0.2, 0.25) is 5.88 Å². The molecule has 2 rings (SSSR count). The molecular weight excluding hydrogens is 268 g/mol. The van der Waals surface area contributed by atoms with Gasteiger partial charge in [0.1, 0.15) is 0 Å². The van der Waals surface area contributed by atoms with E-state index in [1.807, 2.05) is 19.9 Å². The second kappa shape index (κ2) is 6.73. The number of aliphatic hydroxyl groups excluding tert-OH is 1. The largest absolute Gasteiger partial charge is 0.395 e. The van der Waals surface area contributed by atoms with E-state index in [0.717, 1.165) is 16.8 Å². The van der Waals surface area contributed by atoms with E-state index in [1.165, 1.54) is 0 Å². The van der Waals surface area contributed by atoms with E-state index < -0.39 is 0 Å². The van der Waals surface area contributed by atoms with Gasteiger partial charge in [-0.2, -0.15) is 0 Å². The minimum atomic E-state index is -0.278. The molecule has 108 valence electrons. The molecule has 5 nitrogen and oxygen atoms in total. The fourth-order valence-electron chi connectivity index (χ4n) is 1.67. The number of aliphatic hydroxyl groups is 1. The van der Waals surface area contributed by atoms with Crippen molar-refractivity contribution in [2.75, 3.05) is 11.9 Å². The SMILES string of the molecule is Cc1noc(NC(=O)c2cccc(C#CCCO)c2)c1C. The van der Waals surface area contributed by atoms with Gasteiger partial charge in [-0.3, -0.25) is 10.1 Å². The standard InChI is InChI=1S/C16H16N2O3/c1-11-12(2)18-21-16(11)17-15(20)14-8-5-7-13(10-14)6-3-4-9-19/h5,7-8,10,19H,4,9H2,1-2H3,(H,17,20). The van der Waals surface area contributed by atoms with Gasteiger partial charge in [0.25, 0.3) is 5.91 Å². The molecule has 2 N–H and O–H groups in total. The first-order valence-corrected chi connectivity index (χ1v) is 6.56. The molecule has 0 spiro atoms. The predicted molar refractivity (Wildman–Crippen MR) is 79.0 cm³/mol. The smallest absolute Gasteiger partial charge is 0.258 e. The van der Waals surface area contributed by atoms with Gasteiger partial charge >= 0.3 is 0 Å². The second-order valence-electron chi connectivity index (χ2n) is 4.53. The number of amides is 1. The van der Waals surface area contributed by atoms with Crippen molar-refractivity contribution in [3.05, 3.63) is 46.6 Å². The summed E-state index contributed by atoms with van der Waals surface area (Å²) in [7, 11) is 0. The summed E-state index contributed by atoms with van der Waals surface area (Å²) in [5.41, 5.74) is 2.76. The van der Waals surface area contributed by atoms with Crippen LogP contribution in [0.5, 0.6) is 0 Å². The highest BCUT2D eigenvalue weighted by Crippen LogP contribution is 2.18. The first kappa shape index (κ1) is 14.8. The predicted octanol–water partition coefficient (Wildman–Crippen LogP) is 2.28. The van der Waals surface area contributed by atoms with E-state index in [4.69, 9.17) is 9.63 Å². The topological polar surface area (TPSA) is 75.4 Å². The lowest BCUT2D eigenvalue weighted by Crippen LogP contribution is -2.12. The van der Waals surface area contributed by atoms with Crippen molar-refractivity contribution in [3.8, 4) is 11.8 Å². The van der Waals surface area contributed by atoms with Gasteiger partial charge in [-0.15, -0.1) is 0 Å². The number of aryl methyl sites for hydroxylation is 1. The highest BCUT2D eigenvalue weighted by molar-refractivity contribution is 6.04. The summed E-state index contributed by atoms with van der Waals surface area (Å²) in [5, 5.41) is 15.2. The average molecular weight is 284 g/mol. The van der Waals surface area contributed by atoms with Crippen LogP contribution in [0.2, 0.25) is 0 Å². The Bertz CT molecular complexity index is 708. The van der Waals surface area contributed by atoms with E-state index >= 15 is 0 Å². The average Bonchev–Trinajstić information content (AvgIpc) is 2.80. The monoisotopic (exact) mass is 284 g/mol. The lowest BCUT2D eigenvalue weighted by molar-refractivity contribution is 0.102. The number of aromatic nitrogens is 1. The van der Waals surface area contributed by atoms with Crippen molar-refractivity contribution < 1.29 is 14.4 Å². The van der Waals surface area contributed by atoms with Crippen LogP contribution in [0, 0.1) is 25.7 Å². The fraction of sp³-hybridized carbons (Fsp3) is 0.250. The van der Waals surface area contributed by atoms with Gasteiger partial charge < -0.3 is 9.63 Å². The summed E-state index contributed by atoms with van der Waals surface area (Å²) in [6.07, 6.45) is 0.410. The first-order valence-electron chi connectivity index (χ1n) is 6.56. The van der Waals surface area contributed by atoms with E-state index in [-0.39, 0.29) is 12.5 Å². The van der Waals surface area contributed by atoms with Crippen LogP contribution in [0.1, 0.15) is 33.6 Å². The summed E-state index contributed by atoms with van der Waals surface area (Å²) < 4.78 is 5.06. The molecule has 0 atom stereocenters. The minimum Gasteiger partial charge on any atom is -0.395 e. The van der Waals surface area contributed by atoms with Crippen LogP contribution in [0.3, 0.4) is 0 Å². The zero-order valence-corrected chi connectivity index (χ0v) is 11.9. The quantitative estimate of drug-likeness (QED) is 0.848. The highest BCUT2D eigenvalue weighted by atomic mass is 16.5. The van der Waals surface area contributed by atoms with Gasteiger partial charge in [-0.1, -0.05) is 23.1 Å². The Morgan fingerprint density at radius 2 is 2.24 bits per heavy atom. The summed E-state index contributed by atoms with van der Waals surface area (Å²) >= 11 is 0. The second-order valence-corrected chi connectivity index (χ2v) is 4.53. The molecule has 1 amide bonds. The number of hydrogen-bond acceptors (Lipinski definition) is 4. The van der Waals surface area contributed by atoms with Crippen LogP contribution in [0.15, 0.2) is 28.8 Å². The molecule has 0 bridgehead atoms. The number of hydrogen-bond donors (Lipinski definition) is 2. The Hall–Kier alpha value is -2.58. The molecule has 0 unspecified atom stereocenters. The molecule has 0 aliphatic rings. The maximum absolute atomic E-state index is 12.2. The van der Waals surface area contributed by atoms with Crippen LogP contribution >= 0.6 is 0 Å². The number of benzene rings is 1. The Morgan fingerprint density at radius 3 is 2.90 bits per heavy atom. The van der Waals surface area contributed by atoms with E-state index in [1.54, 1.807) is 18.2 Å². The van der Waals surface area contributed by atoms with Gasteiger partial charge in [0.05, 0.1) is 12.3 Å². The number of carbonyl (C=O) groups is 1. The van der Waals surface area contributed by atoms with Crippen molar-refractivity contribution in [3.63, 3.8) is 0 Å². The molecule has 1 heterocycles. The van der Waals surface area contributed by atoms with Gasteiger partial charge in [0.15, 0.2) is 0 Å². The van der Waals surface area contributed by atoms with E-state index in [0.29, 0.717) is 17.9 Å². The van der Waals surface area contributed by atoms with Crippen LogP contribution < -0.4 is 5.32 Å². The summed E-state index contributed by atoms with van der Waals surface area (Å²) in [6.45, 7) is 3.67. The Kier molecular flexibility index (Phi) is 4.75. The molecule has 2 aromatic rings. The lowest BCUT2D eigenvalue weighted by atomic mass is 10.1. The number of carbonyl (C=O) groups excluding carboxylic acids is 1. The number of nitrogens with zero attached hydrogens (tertiary/aromatic N) is 1. The normalized spacial score (nSPS) is 9.86. The third-order valence-electron chi connectivity index (χ3n) is 2.98. The Morgan fingerprint density at radius 1 is 1.43 bits per heavy atom. The number of nitrogens with one attached hydrogen (secondary N) is 1. The van der Waals surface area contributed by atoms with Gasteiger partial charge in [-0.05, 0) is 32.0 Å². The molecule has 1 aromatic heterocycles. The number of anilines is 1. The first-order chi connectivity index (χ1) is 10.1. The van der Waals surface area contributed by atoms with Crippen molar-refractivity contribution in [2.45, 2.75) is 20.3 Å². The highest BCUT2D eigenvalue weighted by Gasteiger charge is 2.13. The van der Waals surface area contributed by atoms with Crippen LogP contribution in [0.25, 0.3) is 0 Å². The van der Waals surface area contributed by atoms with Crippen LogP contribution in [-0.4, -0.2) is 22.8 Å². The third kappa shape index (κ3) is 3.71. The molecule has 5 heteroatoms. The minimum absolute atomic E-state index is 0.0251. The summed E-state index contributed by atoms with van der Waals surface area (Å²) in [4.78, 5) is 12.2. The van der Waals surface area contributed by atoms with Crippen LogP contribution in [-0.2, 0) is 0 Å². The summed E-state index contributed by atoms with van der Waals surface area (Å²) in [6, 6.07) is 6.96. The van der Waals surface area contributed by atoms with E-state index in [9.17, 15) is 4.79 Å². The molecule has 0 aliphatic heterocycles. The molecule has 0 aliphatic carbocycles. The Labute approximate surface area is 123 Å². The molecule has 1 aromatic carbocycles. The molecule has 0 saturated heterocycles. The molecule has 0 fully saturated rings. The molecule has 21 heavy (non-hydrogen) atoms. The zero-order valence-electron chi connectivity index (χ0n) is 11.9.